The average molecular weight is 443 g/mol. The summed E-state index contributed by atoms with van der Waals surface area (Å²) < 4.78 is 0. The standard InChI is InChI=1S/C25H38N4O3/c1-25(2,3)23(30)32-27-16-12-21(13-17-27)29-22(19-8-6-5-7-9-19)18-28(24(29)31)20-10-14-26(4)15-11-20/h5-9,20-22H,10-18H2,1-4H3/t22-/m0/s1. The van der Waals surface area contributed by atoms with Crippen molar-refractivity contribution in [2.45, 2.75) is 64.6 Å². The van der Waals surface area contributed by atoms with E-state index in [1.165, 1.54) is 5.56 Å². The van der Waals surface area contributed by atoms with E-state index in [4.69, 9.17) is 4.84 Å². The molecule has 7 heteroatoms. The minimum Gasteiger partial charge on any atom is -0.367 e. The SMILES string of the molecule is CN1CCC(N2C[C@@H](c3ccccc3)N(C3CCN(OC(=O)C(C)(C)C)CC3)C2=O)CC1. The van der Waals surface area contributed by atoms with Crippen LogP contribution in [0.3, 0.4) is 0 Å². The number of amides is 2. The van der Waals surface area contributed by atoms with E-state index in [0.717, 1.165) is 45.3 Å². The Morgan fingerprint density at radius 3 is 2.12 bits per heavy atom. The van der Waals surface area contributed by atoms with E-state index < -0.39 is 5.41 Å². The van der Waals surface area contributed by atoms with Gasteiger partial charge in [0.25, 0.3) is 0 Å². The highest BCUT2D eigenvalue weighted by Crippen LogP contribution is 2.37. The first-order valence-corrected chi connectivity index (χ1v) is 12.0. The third-order valence-corrected chi connectivity index (χ3v) is 7.13. The van der Waals surface area contributed by atoms with E-state index in [2.05, 4.69) is 46.0 Å². The zero-order chi connectivity index (χ0) is 22.9. The molecule has 1 aromatic rings. The molecule has 32 heavy (non-hydrogen) atoms. The van der Waals surface area contributed by atoms with Crippen LogP contribution in [0.2, 0.25) is 0 Å². The number of carbonyl (C=O) groups is 2. The number of urea groups is 1. The number of piperidine rings is 2. The normalized spacial score (nSPS) is 24.9. The Hall–Kier alpha value is -2.12. The van der Waals surface area contributed by atoms with Crippen LogP contribution in [0.25, 0.3) is 0 Å². The van der Waals surface area contributed by atoms with Crippen LogP contribution in [0.15, 0.2) is 30.3 Å². The van der Waals surface area contributed by atoms with Gasteiger partial charge in [-0.2, -0.15) is 0 Å². The first-order valence-electron chi connectivity index (χ1n) is 12.0. The van der Waals surface area contributed by atoms with Crippen molar-refractivity contribution in [2.24, 2.45) is 5.41 Å². The monoisotopic (exact) mass is 442 g/mol. The van der Waals surface area contributed by atoms with Gasteiger partial charge in [-0.25, -0.2) is 9.59 Å². The molecule has 0 spiro atoms. The predicted molar refractivity (Wildman–Crippen MR) is 124 cm³/mol. The zero-order valence-corrected chi connectivity index (χ0v) is 20.0. The highest BCUT2D eigenvalue weighted by atomic mass is 16.7. The lowest BCUT2D eigenvalue weighted by Crippen LogP contribution is -2.50. The molecule has 0 aliphatic carbocycles. The maximum atomic E-state index is 13.7. The molecule has 1 atom stereocenters. The number of hydroxylamine groups is 2. The van der Waals surface area contributed by atoms with Crippen LogP contribution in [0.5, 0.6) is 0 Å². The molecule has 0 N–H and O–H groups in total. The molecule has 3 heterocycles. The third-order valence-electron chi connectivity index (χ3n) is 7.13. The highest BCUT2D eigenvalue weighted by molar-refractivity contribution is 5.78. The molecule has 0 bridgehead atoms. The number of hydrogen-bond donors (Lipinski definition) is 0. The van der Waals surface area contributed by atoms with Gasteiger partial charge in [-0.15, -0.1) is 5.06 Å². The van der Waals surface area contributed by atoms with Gasteiger partial charge < -0.3 is 19.5 Å². The number of carbonyl (C=O) groups excluding carboxylic acids is 2. The van der Waals surface area contributed by atoms with Crippen molar-refractivity contribution in [3.8, 4) is 0 Å². The fourth-order valence-electron chi connectivity index (χ4n) is 5.06. The zero-order valence-electron chi connectivity index (χ0n) is 20.0. The van der Waals surface area contributed by atoms with Crippen molar-refractivity contribution in [1.82, 2.24) is 19.8 Å². The minimum absolute atomic E-state index is 0.0806. The number of benzene rings is 1. The molecule has 0 aromatic heterocycles. The van der Waals surface area contributed by atoms with Crippen molar-refractivity contribution in [3.63, 3.8) is 0 Å². The summed E-state index contributed by atoms with van der Waals surface area (Å²) in [5, 5.41) is 1.77. The summed E-state index contributed by atoms with van der Waals surface area (Å²) >= 11 is 0. The maximum Gasteiger partial charge on any atom is 0.330 e. The molecule has 3 fully saturated rings. The Bertz CT molecular complexity index is 793. The first-order chi connectivity index (χ1) is 15.2. The second kappa shape index (κ2) is 9.40. The molecular weight excluding hydrogens is 404 g/mol. The summed E-state index contributed by atoms with van der Waals surface area (Å²) in [6, 6.07) is 11.2. The first kappa shape index (κ1) is 23.1. The lowest BCUT2D eigenvalue weighted by molar-refractivity contribution is -0.206. The van der Waals surface area contributed by atoms with Crippen LogP contribution in [-0.2, 0) is 9.63 Å². The van der Waals surface area contributed by atoms with Gasteiger partial charge in [0.1, 0.15) is 0 Å². The number of nitrogens with zero attached hydrogens (tertiary/aromatic N) is 4. The van der Waals surface area contributed by atoms with Crippen LogP contribution < -0.4 is 0 Å². The topological polar surface area (TPSA) is 56.3 Å². The molecule has 3 aliphatic heterocycles. The van der Waals surface area contributed by atoms with Crippen molar-refractivity contribution < 1.29 is 14.4 Å². The Kier molecular flexibility index (Phi) is 6.77. The summed E-state index contributed by atoms with van der Waals surface area (Å²) in [4.78, 5) is 38.2. The summed E-state index contributed by atoms with van der Waals surface area (Å²) in [7, 11) is 2.15. The summed E-state index contributed by atoms with van der Waals surface area (Å²) in [5.74, 6) is -0.205. The van der Waals surface area contributed by atoms with E-state index in [1.807, 2.05) is 26.8 Å². The quantitative estimate of drug-likeness (QED) is 0.714. The Morgan fingerprint density at radius 1 is 0.938 bits per heavy atom. The molecular formula is C25H38N4O3. The molecule has 2 amide bonds. The predicted octanol–water partition coefficient (Wildman–Crippen LogP) is 3.53. The fraction of sp³-hybridized carbons (Fsp3) is 0.680. The number of rotatable bonds is 4. The Morgan fingerprint density at radius 2 is 1.53 bits per heavy atom. The Labute approximate surface area is 192 Å². The van der Waals surface area contributed by atoms with Gasteiger partial charge in [-0.1, -0.05) is 30.3 Å². The minimum atomic E-state index is -0.519. The van der Waals surface area contributed by atoms with Gasteiger partial charge in [0.15, 0.2) is 0 Å². The second-order valence-electron chi connectivity index (χ2n) is 10.6. The molecule has 0 unspecified atom stereocenters. The van der Waals surface area contributed by atoms with Crippen LogP contribution in [0.4, 0.5) is 4.79 Å². The van der Waals surface area contributed by atoms with Crippen LogP contribution in [0.1, 0.15) is 58.1 Å². The van der Waals surface area contributed by atoms with E-state index in [1.54, 1.807) is 5.06 Å². The largest absolute Gasteiger partial charge is 0.367 e. The van der Waals surface area contributed by atoms with Crippen LogP contribution in [0, 0.1) is 5.41 Å². The summed E-state index contributed by atoms with van der Waals surface area (Å²) in [6.45, 7) is 9.77. The molecule has 0 saturated carbocycles. The summed E-state index contributed by atoms with van der Waals surface area (Å²) in [6.07, 6.45) is 3.71. The van der Waals surface area contributed by atoms with E-state index in [9.17, 15) is 9.59 Å². The molecule has 3 saturated heterocycles. The molecule has 3 aliphatic rings. The van der Waals surface area contributed by atoms with Crippen molar-refractivity contribution >= 4 is 12.0 Å². The van der Waals surface area contributed by atoms with Crippen LogP contribution >= 0.6 is 0 Å². The third kappa shape index (κ3) is 4.94. The van der Waals surface area contributed by atoms with Crippen molar-refractivity contribution in [1.29, 1.82) is 0 Å². The van der Waals surface area contributed by atoms with Crippen LogP contribution in [-0.4, -0.2) is 83.6 Å². The van der Waals surface area contributed by atoms with Gasteiger partial charge in [0.2, 0.25) is 0 Å². The lowest BCUT2D eigenvalue weighted by Gasteiger charge is -2.39. The van der Waals surface area contributed by atoms with Gasteiger partial charge in [-0.3, -0.25) is 0 Å². The van der Waals surface area contributed by atoms with Gasteiger partial charge >= 0.3 is 12.0 Å². The van der Waals surface area contributed by atoms with E-state index in [-0.39, 0.29) is 24.1 Å². The summed E-state index contributed by atoms with van der Waals surface area (Å²) in [5.41, 5.74) is 0.687. The molecule has 1 aromatic carbocycles. The second-order valence-corrected chi connectivity index (χ2v) is 10.6. The highest BCUT2D eigenvalue weighted by Gasteiger charge is 2.45. The molecule has 4 rings (SSSR count). The molecule has 7 nitrogen and oxygen atoms in total. The number of hydrogen-bond acceptors (Lipinski definition) is 5. The van der Waals surface area contributed by atoms with Gasteiger partial charge in [0, 0.05) is 31.7 Å². The van der Waals surface area contributed by atoms with Crippen molar-refractivity contribution in [3.05, 3.63) is 35.9 Å². The smallest absolute Gasteiger partial charge is 0.330 e. The van der Waals surface area contributed by atoms with Crippen molar-refractivity contribution in [2.75, 3.05) is 39.8 Å². The van der Waals surface area contributed by atoms with E-state index in [0.29, 0.717) is 19.1 Å². The van der Waals surface area contributed by atoms with E-state index >= 15 is 0 Å². The lowest BCUT2D eigenvalue weighted by atomic mass is 9.97. The fourth-order valence-corrected chi connectivity index (χ4v) is 5.06. The van der Waals surface area contributed by atoms with Gasteiger partial charge in [0.05, 0.1) is 11.5 Å². The molecule has 0 radical (unpaired) electrons. The van der Waals surface area contributed by atoms with Gasteiger partial charge in [-0.05, 0) is 72.2 Å². The Balaban J connectivity index is 1.46. The average Bonchev–Trinajstić information content (AvgIpc) is 3.12. The maximum absolute atomic E-state index is 13.7. The number of likely N-dealkylation sites (tertiary alicyclic amines) is 1. The molecule has 176 valence electrons.